The van der Waals surface area contributed by atoms with Crippen LogP contribution in [0.1, 0.15) is 12.8 Å². The van der Waals surface area contributed by atoms with Crippen molar-refractivity contribution >= 4 is 17.4 Å². The fourth-order valence-electron chi connectivity index (χ4n) is 1.93. The van der Waals surface area contributed by atoms with Gasteiger partial charge in [0.05, 0.1) is 11.9 Å². The van der Waals surface area contributed by atoms with Gasteiger partial charge in [0.25, 0.3) is 0 Å². The third kappa shape index (κ3) is 2.55. The number of anilines is 2. The number of amides is 1. The smallest absolute Gasteiger partial charge is 0.228 e. The fraction of sp³-hybridized carbons (Fsp3) is 0.500. The van der Waals surface area contributed by atoms with Crippen LogP contribution in [0.15, 0.2) is 18.3 Å². The van der Waals surface area contributed by atoms with Gasteiger partial charge < -0.3 is 15.5 Å². The second-order valence-corrected chi connectivity index (χ2v) is 4.57. The molecule has 1 aliphatic heterocycles. The van der Waals surface area contributed by atoms with Gasteiger partial charge in [0.2, 0.25) is 5.91 Å². The minimum Gasteiger partial charge on any atom is -0.363 e. The fourth-order valence-corrected chi connectivity index (χ4v) is 1.93. The Morgan fingerprint density at radius 2 is 2.24 bits per heavy atom. The minimum absolute atomic E-state index is 0.00718. The molecule has 17 heavy (non-hydrogen) atoms. The molecule has 2 heterocycles. The van der Waals surface area contributed by atoms with Crippen LogP contribution < -0.4 is 15.5 Å². The number of carbonyl (C=O) groups excluding carboxylic acids is 1. The van der Waals surface area contributed by atoms with E-state index in [4.69, 9.17) is 5.73 Å². The molecule has 1 aromatic heterocycles. The zero-order valence-corrected chi connectivity index (χ0v) is 10.3. The topological polar surface area (TPSA) is 62.5 Å². The van der Waals surface area contributed by atoms with Gasteiger partial charge >= 0.3 is 0 Å². The summed E-state index contributed by atoms with van der Waals surface area (Å²) in [6.07, 6.45) is 3.01. The van der Waals surface area contributed by atoms with E-state index in [1.807, 2.05) is 31.1 Å². The lowest BCUT2D eigenvalue weighted by molar-refractivity contribution is -0.119. The maximum atomic E-state index is 11.8. The average molecular weight is 234 g/mol. The van der Waals surface area contributed by atoms with Gasteiger partial charge in [0, 0.05) is 33.1 Å². The highest BCUT2D eigenvalue weighted by atomic mass is 16.2. The highest BCUT2D eigenvalue weighted by Crippen LogP contribution is 2.21. The Hall–Kier alpha value is -1.62. The molecule has 5 nitrogen and oxygen atoms in total. The van der Waals surface area contributed by atoms with E-state index in [0.29, 0.717) is 13.0 Å². The summed E-state index contributed by atoms with van der Waals surface area (Å²) >= 11 is 0. The van der Waals surface area contributed by atoms with Crippen molar-refractivity contribution in [1.29, 1.82) is 0 Å². The van der Waals surface area contributed by atoms with Crippen molar-refractivity contribution in [3.05, 3.63) is 18.3 Å². The third-order valence-electron chi connectivity index (χ3n) is 2.96. The van der Waals surface area contributed by atoms with Crippen LogP contribution in [0.3, 0.4) is 0 Å². The maximum absolute atomic E-state index is 11.8. The summed E-state index contributed by atoms with van der Waals surface area (Å²) in [6, 6.07) is 3.85. The predicted octanol–water partition coefficient (Wildman–Crippen LogP) is 0.602. The van der Waals surface area contributed by atoms with Gasteiger partial charge in [-0.25, -0.2) is 4.98 Å². The number of hydrogen-bond donors (Lipinski definition) is 1. The Kier molecular flexibility index (Phi) is 3.28. The van der Waals surface area contributed by atoms with Gasteiger partial charge in [0.1, 0.15) is 5.82 Å². The molecule has 1 saturated heterocycles. The summed E-state index contributed by atoms with van der Waals surface area (Å²) in [5.41, 5.74) is 6.61. The van der Waals surface area contributed by atoms with Gasteiger partial charge in [-0.05, 0) is 18.6 Å². The first-order valence-electron chi connectivity index (χ1n) is 5.77. The molecular weight excluding hydrogens is 216 g/mol. The first-order valence-corrected chi connectivity index (χ1v) is 5.77. The minimum atomic E-state index is 0.00718. The van der Waals surface area contributed by atoms with Crippen molar-refractivity contribution in [1.82, 2.24) is 4.98 Å². The van der Waals surface area contributed by atoms with Gasteiger partial charge in [-0.1, -0.05) is 0 Å². The molecule has 1 atom stereocenters. The molecule has 2 rings (SSSR count). The number of nitrogens with two attached hydrogens (primary N) is 1. The van der Waals surface area contributed by atoms with Gasteiger partial charge in [-0.3, -0.25) is 4.79 Å². The van der Waals surface area contributed by atoms with E-state index >= 15 is 0 Å². The Balaban J connectivity index is 2.14. The Morgan fingerprint density at radius 1 is 1.47 bits per heavy atom. The SMILES string of the molecule is CN(C)c1ccc(N2CCC(N)CC2=O)cn1. The zero-order valence-electron chi connectivity index (χ0n) is 10.3. The van der Waals surface area contributed by atoms with E-state index in [9.17, 15) is 4.79 Å². The maximum Gasteiger partial charge on any atom is 0.228 e. The van der Waals surface area contributed by atoms with Gasteiger partial charge in [-0.15, -0.1) is 0 Å². The second-order valence-electron chi connectivity index (χ2n) is 4.57. The highest BCUT2D eigenvalue weighted by Gasteiger charge is 2.24. The summed E-state index contributed by atoms with van der Waals surface area (Å²) in [6.45, 7) is 0.684. The largest absolute Gasteiger partial charge is 0.363 e. The van der Waals surface area contributed by atoms with Crippen LogP contribution in [0.25, 0.3) is 0 Å². The molecule has 0 radical (unpaired) electrons. The van der Waals surface area contributed by atoms with Crippen molar-refractivity contribution in [2.24, 2.45) is 5.73 Å². The number of hydrogen-bond acceptors (Lipinski definition) is 4. The number of carbonyl (C=O) groups is 1. The zero-order chi connectivity index (χ0) is 12.4. The van der Waals surface area contributed by atoms with E-state index in [0.717, 1.165) is 17.9 Å². The normalized spacial score (nSPS) is 20.5. The van der Waals surface area contributed by atoms with E-state index in [1.165, 1.54) is 0 Å². The van der Waals surface area contributed by atoms with Crippen LogP contribution >= 0.6 is 0 Å². The first kappa shape index (κ1) is 11.9. The monoisotopic (exact) mass is 234 g/mol. The molecule has 5 heteroatoms. The predicted molar refractivity (Wildman–Crippen MR) is 68.1 cm³/mol. The van der Waals surface area contributed by atoms with Crippen molar-refractivity contribution in [2.75, 3.05) is 30.4 Å². The van der Waals surface area contributed by atoms with Crippen molar-refractivity contribution in [3.63, 3.8) is 0 Å². The quantitative estimate of drug-likeness (QED) is 0.814. The average Bonchev–Trinajstić information content (AvgIpc) is 2.29. The standard InChI is InChI=1S/C12H18N4O/c1-15(2)11-4-3-10(8-14-11)16-6-5-9(13)7-12(16)17/h3-4,8-9H,5-7,13H2,1-2H3. The lowest BCUT2D eigenvalue weighted by Crippen LogP contribution is -2.44. The van der Waals surface area contributed by atoms with Crippen LogP contribution in [0.5, 0.6) is 0 Å². The molecule has 1 aliphatic rings. The van der Waals surface area contributed by atoms with Crippen LogP contribution in [0, 0.1) is 0 Å². The highest BCUT2D eigenvalue weighted by molar-refractivity contribution is 5.94. The van der Waals surface area contributed by atoms with Crippen LogP contribution in [0.4, 0.5) is 11.5 Å². The lowest BCUT2D eigenvalue weighted by atomic mass is 10.1. The Morgan fingerprint density at radius 3 is 2.76 bits per heavy atom. The Labute approximate surface area is 101 Å². The third-order valence-corrected chi connectivity index (χ3v) is 2.96. The molecule has 0 aromatic carbocycles. The van der Waals surface area contributed by atoms with Crippen LogP contribution in [-0.2, 0) is 4.79 Å². The summed E-state index contributed by atoms with van der Waals surface area (Å²) in [7, 11) is 3.88. The molecule has 0 bridgehead atoms. The molecule has 2 N–H and O–H groups in total. The number of nitrogens with zero attached hydrogens (tertiary/aromatic N) is 3. The molecule has 0 saturated carbocycles. The summed E-state index contributed by atoms with van der Waals surface area (Å²) in [5, 5.41) is 0. The van der Waals surface area contributed by atoms with Crippen LogP contribution in [0.2, 0.25) is 0 Å². The van der Waals surface area contributed by atoms with E-state index < -0.39 is 0 Å². The number of rotatable bonds is 2. The molecule has 1 aromatic rings. The van der Waals surface area contributed by atoms with E-state index in [1.54, 1.807) is 11.1 Å². The second kappa shape index (κ2) is 4.71. The van der Waals surface area contributed by atoms with Gasteiger partial charge in [-0.2, -0.15) is 0 Å². The molecule has 0 aliphatic carbocycles. The molecule has 1 amide bonds. The lowest BCUT2D eigenvalue weighted by Gasteiger charge is -2.30. The summed E-state index contributed by atoms with van der Waals surface area (Å²) < 4.78 is 0. The van der Waals surface area contributed by atoms with E-state index in [-0.39, 0.29) is 11.9 Å². The number of aromatic nitrogens is 1. The molecule has 0 spiro atoms. The summed E-state index contributed by atoms with van der Waals surface area (Å²) in [4.78, 5) is 19.8. The first-order chi connectivity index (χ1) is 8.08. The summed E-state index contributed by atoms with van der Waals surface area (Å²) in [5.74, 6) is 0.970. The van der Waals surface area contributed by atoms with Crippen molar-refractivity contribution < 1.29 is 4.79 Å². The Bertz CT molecular complexity index is 401. The van der Waals surface area contributed by atoms with Crippen LogP contribution in [-0.4, -0.2) is 37.6 Å². The van der Waals surface area contributed by atoms with E-state index in [2.05, 4.69) is 4.98 Å². The van der Waals surface area contributed by atoms with Gasteiger partial charge in [0.15, 0.2) is 0 Å². The van der Waals surface area contributed by atoms with Crippen molar-refractivity contribution in [3.8, 4) is 0 Å². The molecule has 92 valence electrons. The number of piperidine rings is 1. The molecule has 1 unspecified atom stereocenters. The molecule has 1 fully saturated rings. The number of pyridine rings is 1. The molecular formula is C12H18N4O. The van der Waals surface area contributed by atoms with Crippen molar-refractivity contribution in [2.45, 2.75) is 18.9 Å².